The van der Waals surface area contributed by atoms with Gasteiger partial charge in [-0.05, 0) is 42.8 Å². The molecule has 2 aromatic heterocycles. The van der Waals surface area contributed by atoms with Crippen LogP contribution in [0.3, 0.4) is 0 Å². The standard InChI is InChI=1S/C28H32ClN7O/c1-21-23(20-33-9-11-34(12-10-33)25-6-4-3-5-24(25)29)18-26(32(21)2)28(37)36-15-13-35(14-16-36)27-17-22(19-30)7-8-31-27/h3-8,17-18H,9-16,20H2,1-2H3. The molecule has 2 aliphatic rings. The number of carbonyl (C=O) groups excluding carboxylic acids is 1. The molecule has 37 heavy (non-hydrogen) atoms. The van der Waals surface area contributed by atoms with Crippen LogP contribution >= 0.6 is 11.6 Å². The van der Waals surface area contributed by atoms with Crippen molar-refractivity contribution >= 4 is 29.0 Å². The van der Waals surface area contributed by atoms with Crippen LogP contribution in [0.2, 0.25) is 5.02 Å². The molecule has 9 heteroatoms. The highest BCUT2D eigenvalue weighted by atomic mass is 35.5. The van der Waals surface area contributed by atoms with Crippen LogP contribution in [-0.4, -0.2) is 77.6 Å². The van der Waals surface area contributed by atoms with Crippen LogP contribution in [0.4, 0.5) is 11.5 Å². The molecule has 0 aliphatic carbocycles. The van der Waals surface area contributed by atoms with E-state index < -0.39 is 0 Å². The van der Waals surface area contributed by atoms with Gasteiger partial charge in [0, 0.05) is 77.8 Å². The Bertz CT molecular complexity index is 1310. The van der Waals surface area contributed by atoms with Gasteiger partial charge >= 0.3 is 0 Å². The highest BCUT2D eigenvalue weighted by Gasteiger charge is 2.27. The van der Waals surface area contributed by atoms with E-state index in [9.17, 15) is 4.79 Å². The van der Waals surface area contributed by atoms with Gasteiger partial charge < -0.3 is 19.3 Å². The van der Waals surface area contributed by atoms with Gasteiger partial charge in [-0.25, -0.2) is 4.98 Å². The molecular weight excluding hydrogens is 486 g/mol. The normalized spacial score (nSPS) is 16.6. The summed E-state index contributed by atoms with van der Waals surface area (Å²) < 4.78 is 2.03. The average molecular weight is 518 g/mol. The summed E-state index contributed by atoms with van der Waals surface area (Å²) in [6.45, 7) is 9.32. The summed E-state index contributed by atoms with van der Waals surface area (Å²) in [5, 5.41) is 9.96. The van der Waals surface area contributed by atoms with Crippen molar-refractivity contribution in [3.63, 3.8) is 0 Å². The number of nitriles is 1. The van der Waals surface area contributed by atoms with Gasteiger partial charge in [-0.15, -0.1) is 0 Å². The van der Waals surface area contributed by atoms with E-state index in [4.69, 9.17) is 16.9 Å². The van der Waals surface area contributed by atoms with Crippen molar-refractivity contribution < 1.29 is 4.79 Å². The Labute approximate surface area is 223 Å². The van der Waals surface area contributed by atoms with Gasteiger partial charge in [-0.2, -0.15) is 5.26 Å². The fraction of sp³-hybridized carbons (Fsp3) is 0.393. The van der Waals surface area contributed by atoms with Crippen molar-refractivity contribution in [3.8, 4) is 6.07 Å². The third kappa shape index (κ3) is 5.29. The summed E-state index contributed by atoms with van der Waals surface area (Å²) in [7, 11) is 1.98. The molecule has 0 radical (unpaired) electrons. The molecule has 4 heterocycles. The molecule has 0 atom stereocenters. The zero-order valence-electron chi connectivity index (χ0n) is 21.4. The van der Waals surface area contributed by atoms with Gasteiger partial charge in [-0.3, -0.25) is 9.69 Å². The smallest absolute Gasteiger partial charge is 0.270 e. The molecule has 2 fully saturated rings. The molecule has 192 valence electrons. The highest BCUT2D eigenvalue weighted by Crippen LogP contribution is 2.27. The number of hydrogen-bond donors (Lipinski definition) is 0. The van der Waals surface area contributed by atoms with Crippen molar-refractivity contribution in [1.82, 2.24) is 19.4 Å². The van der Waals surface area contributed by atoms with Crippen LogP contribution in [0, 0.1) is 18.3 Å². The number of carbonyl (C=O) groups is 1. The summed E-state index contributed by atoms with van der Waals surface area (Å²) in [4.78, 5) is 26.7. The molecule has 0 spiro atoms. The second-order valence-corrected chi connectivity index (χ2v) is 10.1. The minimum Gasteiger partial charge on any atom is -0.368 e. The number of anilines is 2. The summed E-state index contributed by atoms with van der Waals surface area (Å²) in [5.41, 5.74) is 4.77. The molecule has 2 aliphatic heterocycles. The number of nitrogens with zero attached hydrogens (tertiary/aromatic N) is 7. The first-order valence-electron chi connectivity index (χ1n) is 12.7. The maximum Gasteiger partial charge on any atom is 0.270 e. The summed E-state index contributed by atoms with van der Waals surface area (Å²) in [5.74, 6) is 0.858. The number of halogens is 1. The van der Waals surface area contributed by atoms with Gasteiger partial charge in [0.2, 0.25) is 0 Å². The third-order valence-electron chi connectivity index (χ3n) is 7.58. The number of para-hydroxylation sites is 1. The number of rotatable bonds is 5. The van der Waals surface area contributed by atoms with E-state index in [1.54, 1.807) is 18.3 Å². The second-order valence-electron chi connectivity index (χ2n) is 9.71. The van der Waals surface area contributed by atoms with Crippen LogP contribution in [0.25, 0.3) is 0 Å². The number of piperazine rings is 2. The van der Waals surface area contributed by atoms with E-state index in [2.05, 4.69) is 44.8 Å². The lowest BCUT2D eigenvalue weighted by Gasteiger charge is -2.36. The fourth-order valence-corrected chi connectivity index (χ4v) is 5.44. The van der Waals surface area contributed by atoms with Gasteiger partial charge in [-0.1, -0.05) is 23.7 Å². The number of benzene rings is 1. The van der Waals surface area contributed by atoms with Crippen LogP contribution in [-0.2, 0) is 13.6 Å². The molecule has 1 aromatic carbocycles. The first-order valence-corrected chi connectivity index (χ1v) is 13.1. The molecule has 3 aromatic rings. The molecule has 0 unspecified atom stereocenters. The van der Waals surface area contributed by atoms with Crippen LogP contribution in [0.5, 0.6) is 0 Å². The zero-order chi connectivity index (χ0) is 25.9. The Morgan fingerprint density at radius 1 is 1.00 bits per heavy atom. The van der Waals surface area contributed by atoms with Crippen LogP contribution in [0.1, 0.15) is 27.3 Å². The van der Waals surface area contributed by atoms with E-state index in [1.807, 2.05) is 34.7 Å². The number of amides is 1. The van der Waals surface area contributed by atoms with Crippen molar-refractivity contribution in [2.24, 2.45) is 7.05 Å². The molecule has 0 N–H and O–H groups in total. The average Bonchev–Trinajstić information content (AvgIpc) is 3.22. The molecule has 2 saturated heterocycles. The Morgan fingerprint density at radius 3 is 2.41 bits per heavy atom. The van der Waals surface area contributed by atoms with E-state index in [0.29, 0.717) is 31.7 Å². The first kappa shape index (κ1) is 25.1. The predicted octanol–water partition coefficient (Wildman–Crippen LogP) is 3.54. The van der Waals surface area contributed by atoms with E-state index in [0.717, 1.165) is 60.6 Å². The minimum atomic E-state index is 0.0683. The maximum absolute atomic E-state index is 13.4. The lowest BCUT2D eigenvalue weighted by atomic mass is 10.2. The second kappa shape index (κ2) is 10.8. The SMILES string of the molecule is Cc1c(CN2CCN(c3ccccc3Cl)CC2)cc(C(=O)N2CCN(c3cc(C#N)ccn3)CC2)n1C. The molecule has 0 bridgehead atoms. The highest BCUT2D eigenvalue weighted by molar-refractivity contribution is 6.33. The number of hydrogen-bond acceptors (Lipinski definition) is 6. The van der Waals surface area contributed by atoms with Crippen molar-refractivity contribution in [2.75, 3.05) is 62.2 Å². The summed E-state index contributed by atoms with van der Waals surface area (Å²) >= 11 is 6.40. The quantitative estimate of drug-likeness (QED) is 0.515. The zero-order valence-corrected chi connectivity index (χ0v) is 22.2. The molecule has 8 nitrogen and oxygen atoms in total. The van der Waals surface area contributed by atoms with Gasteiger partial charge in [0.15, 0.2) is 0 Å². The van der Waals surface area contributed by atoms with Crippen LogP contribution < -0.4 is 9.80 Å². The third-order valence-corrected chi connectivity index (χ3v) is 7.90. The number of aromatic nitrogens is 2. The van der Waals surface area contributed by atoms with Crippen molar-refractivity contribution in [3.05, 3.63) is 76.2 Å². The van der Waals surface area contributed by atoms with E-state index >= 15 is 0 Å². The van der Waals surface area contributed by atoms with E-state index in [-0.39, 0.29) is 5.91 Å². The molecule has 5 rings (SSSR count). The topological polar surface area (TPSA) is 71.6 Å². The maximum atomic E-state index is 13.4. The summed E-state index contributed by atoms with van der Waals surface area (Å²) in [6, 6.07) is 15.8. The van der Waals surface area contributed by atoms with Crippen LogP contribution in [0.15, 0.2) is 48.7 Å². The molecular formula is C28H32ClN7O. The summed E-state index contributed by atoms with van der Waals surface area (Å²) in [6.07, 6.45) is 1.66. The Morgan fingerprint density at radius 2 is 1.70 bits per heavy atom. The predicted molar refractivity (Wildman–Crippen MR) is 146 cm³/mol. The van der Waals surface area contributed by atoms with Crippen molar-refractivity contribution in [1.29, 1.82) is 5.26 Å². The first-order chi connectivity index (χ1) is 17.9. The Balaban J connectivity index is 1.19. The minimum absolute atomic E-state index is 0.0683. The monoisotopic (exact) mass is 517 g/mol. The fourth-order valence-electron chi connectivity index (χ4n) is 5.19. The lowest BCUT2D eigenvalue weighted by Crippen LogP contribution is -2.49. The Kier molecular flexibility index (Phi) is 7.36. The van der Waals surface area contributed by atoms with E-state index in [1.165, 1.54) is 5.56 Å². The Hall–Kier alpha value is -3.54. The number of pyridine rings is 1. The largest absolute Gasteiger partial charge is 0.368 e. The van der Waals surface area contributed by atoms with Gasteiger partial charge in [0.1, 0.15) is 11.5 Å². The van der Waals surface area contributed by atoms with Crippen molar-refractivity contribution in [2.45, 2.75) is 13.5 Å². The van der Waals surface area contributed by atoms with Gasteiger partial charge in [0.05, 0.1) is 22.3 Å². The lowest BCUT2D eigenvalue weighted by molar-refractivity contribution is 0.0736. The molecule has 0 saturated carbocycles. The molecule has 1 amide bonds. The van der Waals surface area contributed by atoms with Gasteiger partial charge in [0.25, 0.3) is 5.91 Å².